The monoisotopic (exact) mass is 270 g/mol. The number of carbonyl (C=O) groups excluding carboxylic acids is 1. The van der Waals surface area contributed by atoms with E-state index in [1.165, 1.54) is 4.90 Å². The van der Waals surface area contributed by atoms with Gasteiger partial charge >= 0.3 is 0 Å². The number of amides is 1. The first-order valence-corrected chi connectivity index (χ1v) is 6.21. The molecule has 1 saturated heterocycles. The van der Waals surface area contributed by atoms with Crippen molar-refractivity contribution in [2.75, 3.05) is 26.4 Å². The van der Waals surface area contributed by atoms with Crippen LogP contribution in [0, 0.1) is 23.7 Å². The number of morpholine rings is 1. The summed E-state index contributed by atoms with van der Waals surface area (Å²) in [6.45, 7) is 1.32. The summed E-state index contributed by atoms with van der Waals surface area (Å²) < 4.78 is 10.4. The first-order valence-electron chi connectivity index (χ1n) is 6.21. The van der Waals surface area contributed by atoms with Gasteiger partial charge in [-0.15, -0.1) is 6.42 Å². The third kappa shape index (κ3) is 3.09. The fourth-order valence-corrected chi connectivity index (χ4v) is 1.94. The van der Waals surface area contributed by atoms with E-state index < -0.39 is 6.04 Å². The summed E-state index contributed by atoms with van der Waals surface area (Å²) >= 11 is 0. The molecule has 1 heterocycles. The lowest BCUT2D eigenvalue weighted by Crippen LogP contribution is -2.47. The SMILES string of the molecule is C#CCOc1ccc(C(=O)N2CCOC[C@@H]2C#N)cc1. The normalized spacial score (nSPS) is 17.9. The molecule has 1 aliphatic rings. The van der Waals surface area contributed by atoms with E-state index in [0.717, 1.165) is 0 Å². The van der Waals surface area contributed by atoms with Crippen LogP contribution in [-0.2, 0) is 4.74 Å². The minimum absolute atomic E-state index is 0.177. The molecule has 0 unspecified atom stereocenters. The Morgan fingerprint density at radius 3 is 2.90 bits per heavy atom. The van der Waals surface area contributed by atoms with E-state index >= 15 is 0 Å². The van der Waals surface area contributed by atoms with Crippen molar-refractivity contribution in [1.82, 2.24) is 4.90 Å². The van der Waals surface area contributed by atoms with Crippen molar-refractivity contribution in [3.05, 3.63) is 29.8 Å². The Hall–Kier alpha value is -2.50. The van der Waals surface area contributed by atoms with E-state index in [2.05, 4.69) is 12.0 Å². The molecule has 0 saturated carbocycles. The van der Waals surface area contributed by atoms with Crippen LogP contribution in [-0.4, -0.2) is 43.2 Å². The van der Waals surface area contributed by atoms with Crippen molar-refractivity contribution in [3.63, 3.8) is 0 Å². The number of hydrogen-bond donors (Lipinski definition) is 0. The van der Waals surface area contributed by atoms with Crippen molar-refractivity contribution in [2.24, 2.45) is 0 Å². The van der Waals surface area contributed by atoms with Gasteiger partial charge in [0.15, 0.2) is 0 Å². The molecule has 20 heavy (non-hydrogen) atoms. The van der Waals surface area contributed by atoms with Crippen LogP contribution in [0.4, 0.5) is 0 Å². The lowest BCUT2D eigenvalue weighted by molar-refractivity contribution is 0.0132. The van der Waals surface area contributed by atoms with Crippen molar-refractivity contribution < 1.29 is 14.3 Å². The number of carbonyl (C=O) groups is 1. The summed E-state index contributed by atoms with van der Waals surface area (Å²) in [7, 11) is 0. The van der Waals surface area contributed by atoms with E-state index in [4.69, 9.17) is 21.2 Å². The van der Waals surface area contributed by atoms with E-state index in [0.29, 0.717) is 24.5 Å². The smallest absolute Gasteiger partial charge is 0.255 e. The Morgan fingerprint density at radius 1 is 1.50 bits per heavy atom. The van der Waals surface area contributed by atoms with Gasteiger partial charge in [0, 0.05) is 12.1 Å². The molecule has 1 atom stereocenters. The van der Waals surface area contributed by atoms with E-state index in [1.54, 1.807) is 24.3 Å². The fourth-order valence-electron chi connectivity index (χ4n) is 1.94. The Kier molecular flexibility index (Phi) is 4.60. The lowest BCUT2D eigenvalue weighted by Gasteiger charge is -2.31. The first-order chi connectivity index (χ1) is 9.76. The molecule has 2 rings (SSSR count). The molecule has 1 amide bonds. The van der Waals surface area contributed by atoms with E-state index in [9.17, 15) is 4.79 Å². The molecule has 0 radical (unpaired) electrons. The van der Waals surface area contributed by atoms with Gasteiger partial charge in [0.1, 0.15) is 18.4 Å². The van der Waals surface area contributed by atoms with Crippen LogP contribution in [0.2, 0.25) is 0 Å². The zero-order chi connectivity index (χ0) is 14.4. The van der Waals surface area contributed by atoms with E-state index in [-0.39, 0.29) is 19.1 Å². The maximum absolute atomic E-state index is 12.3. The molecule has 0 bridgehead atoms. The van der Waals surface area contributed by atoms with Crippen LogP contribution in [0.1, 0.15) is 10.4 Å². The molecule has 0 spiro atoms. The largest absolute Gasteiger partial charge is 0.481 e. The summed E-state index contributed by atoms with van der Waals surface area (Å²) in [5, 5.41) is 9.04. The van der Waals surface area contributed by atoms with Gasteiger partial charge in [-0.05, 0) is 24.3 Å². The van der Waals surface area contributed by atoms with Crippen LogP contribution < -0.4 is 4.74 Å². The second-order valence-electron chi connectivity index (χ2n) is 4.24. The Morgan fingerprint density at radius 2 is 2.25 bits per heavy atom. The number of benzene rings is 1. The molecule has 0 aromatic heterocycles. The summed E-state index contributed by atoms with van der Waals surface area (Å²) in [6, 6.07) is 8.25. The molecule has 1 aromatic rings. The van der Waals surface area contributed by atoms with Gasteiger partial charge in [-0.2, -0.15) is 5.26 Å². The molecule has 5 nitrogen and oxygen atoms in total. The van der Waals surface area contributed by atoms with Gasteiger partial charge in [-0.1, -0.05) is 5.92 Å². The van der Waals surface area contributed by atoms with Crippen LogP contribution >= 0.6 is 0 Å². The lowest BCUT2D eigenvalue weighted by atomic mass is 10.1. The summed E-state index contributed by atoms with van der Waals surface area (Å²) in [6.07, 6.45) is 5.10. The predicted molar refractivity (Wildman–Crippen MR) is 72.0 cm³/mol. The summed E-state index contributed by atoms with van der Waals surface area (Å²) in [5.74, 6) is 2.80. The van der Waals surface area contributed by atoms with Crippen molar-refractivity contribution >= 4 is 5.91 Å². The van der Waals surface area contributed by atoms with Gasteiger partial charge in [-0.25, -0.2) is 0 Å². The minimum Gasteiger partial charge on any atom is -0.481 e. The summed E-state index contributed by atoms with van der Waals surface area (Å²) in [5.41, 5.74) is 0.514. The van der Waals surface area contributed by atoms with Crippen LogP contribution in [0.3, 0.4) is 0 Å². The Balaban J connectivity index is 2.09. The van der Waals surface area contributed by atoms with Gasteiger partial charge < -0.3 is 14.4 Å². The second kappa shape index (κ2) is 6.60. The highest BCUT2D eigenvalue weighted by Gasteiger charge is 2.27. The zero-order valence-corrected chi connectivity index (χ0v) is 10.9. The quantitative estimate of drug-likeness (QED) is 0.771. The predicted octanol–water partition coefficient (Wildman–Crippen LogP) is 1.06. The van der Waals surface area contributed by atoms with Crippen LogP contribution in [0.15, 0.2) is 24.3 Å². The van der Waals surface area contributed by atoms with Gasteiger partial charge in [-0.3, -0.25) is 4.79 Å². The molecule has 1 fully saturated rings. The number of rotatable bonds is 3. The summed E-state index contributed by atoms with van der Waals surface area (Å²) in [4.78, 5) is 13.9. The minimum atomic E-state index is -0.534. The number of nitriles is 1. The molecule has 1 aromatic carbocycles. The molecular formula is C15H14N2O3. The average Bonchev–Trinajstić information content (AvgIpc) is 2.52. The van der Waals surface area contributed by atoms with Crippen molar-refractivity contribution in [3.8, 4) is 24.2 Å². The van der Waals surface area contributed by atoms with Crippen LogP contribution in [0.25, 0.3) is 0 Å². The topological polar surface area (TPSA) is 62.6 Å². The molecule has 5 heteroatoms. The highest BCUT2D eigenvalue weighted by atomic mass is 16.5. The van der Waals surface area contributed by atoms with Crippen LogP contribution in [0.5, 0.6) is 5.75 Å². The Labute approximate surface area is 117 Å². The average molecular weight is 270 g/mol. The van der Waals surface area contributed by atoms with E-state index in [1.807, 2.05) is 0 Å². The maximum Gasteiger partial charge on any atom is 0.255 e. The molecule has 0 aliphatic carbocycles. The highest BCUT2D eigenvalue weighted by molar-refractivity contribution is 5.94. The number of ether oxygens (including phenoxy) is 2. The molecular weight excluding hydrogens is 256 g/mol. The van der Waals surface area contributed by atoms with Crippen molar-refractivity contribution in [2.45, 2.75) is 6.04 Å². The third-order valence-corrected chi connectivity index (χ3v) is 2.96. The van der Waals surface area contributed by atoms with Gasteiger partial charge in [0.25, 0.3) is 5.91 Å². The molecule has 1 aliphatic heterocycles. The molecule has 102 valence electrons. The van der Waals surface area contributed by atoms with Gasteiger partial charge in [0.2, 0.25) is 0 Å². The maximum atomic E-state index is 12.3. The number of hydrogen-bond acceptors (Lipinski definition) is 4. The first kappa shape index (κ1) is 13.9. The highest BCUT2D eigenvalue weighted by Crippen LogP contribution is 2.16. The number of terminal acetylenes is 1. The van der Waals surface area contributed by atoms with Crippen molar-refractivity contribution in [1.29, 1.82) is 5.26 Å². The number of nitrogens with zero attached hydrogens (tertiary/aromatic N) is 2. The third-order valence-electron chi connectivity index (χ3n) is 2.96. The molecule has 0 N–H and O–H groups in total. The van der Waals surface area contributed by atoms with Gasteiger partial charge in [0.05, 0.1) is 19.3 Å². The standard InChI is InChI=1S/C15H14N2O3/c1-2-8-20-14-5-3-12(4-6-14)15(18)17-7-9-19-11-13(17)10-16/h1,3-6,13H,7-9,11H2/t13-/m0/s1. The second-order valence-corrected chi connectivity index (χ2v) is 4.24. The fraction of sp³-hybridized carbons (Fsp3) is 0.333. The Bertz CT molecular complexity index is 554. The zero-order valence-electron chi connectivity index (χ0n) is 10.9.